The molecule has 0 amide bonds. The van der Waals surface area contributed by atoms with Gasteiger partial charge < -0.3 is 5.73 Å². The van der Waals surface area contributed by atoms with Gasteiger partial charge in [0.15, 0.2) is 0 Å². The molecule has 0 radical (unpaired) electrons. The summed E-state index contributed by atoms with van der Waals surface area (Å²) in [6, 6.07) is 10.1. The molecule has 0 aliphatic rings. The first kappa shape index (κ1) is 12.3. The number of aromatic nitrogens is 2. The van der Waals surface area contributed by atoms with Crippen molar-refractivity contribution in [1.29, 1.82) is 0 Å². The van der Waals surface area contributed by atoms with Gasteiger partial charge in [-0.3, -0.25) is 4.68 Å². The van der Waals surface area contributed by atoms with Gasteiger partial charge in [0.1, 0.15) is 0 Å². The van der Waals surface area contributed by atoms with E-state index in [4.69, 9.17) is 5.73 Å². The van der Waals surface area contributed by atoms with E-state index in [1.807, 2.05) is 42.8 Å². The number of halogens is 1. The van der Waals surface area contributed by atoms with Gasteiger partial charge in [-0.15, -0.1) is 0 Å². The molecule has 0 aliphatic heterocycles. The van der Waals surface area contributed by atoms with Crippen LogP contribution in [0.25, 0.3) is 0 Å². The van der Waals surface area contributed by atoms with Crippen LogP contribution in [0.4, 0.5) is 0 Å². The van der Waals surface area contributed by atoms with E-state index in [2.05, 4.69) is 27.1 Å². The van der Waals surface area contributed by atoms with Crippen molar-refractivity contribution in [3.8, 4) is 0 Å². The lowest BCUT2D eigenvalue weighted by Gasteiger charge is -2.13. The molecule has 0 saturated heterocycles. The molecular weight excluding hydrogens is 278 g/mol. The number of nitrogens with two attached hydrogens (primary N) is 1. The van der Waals surface area contributed by atoms with E-state index >= 15 is 0 Å². The fourth-order valence-electron chi connectivity index (χ4n) is 1.86. The average Bonchev–Trinajstić information content (AvgIpc) is 2.58. The molecule has 0 spiro atoms. The third-order valence-corrected chi connectivity index (χ3v) is 3.30. The maximum Gasteiger partial charge on any atom is 0.0605 e. The number of hydrogen-bond acceptors (Lipinski definition) is 2. The lowest BCUT2D eigenvalue weighted by atomic mass is 10.1. The predicted octanol–water partition coefficient (Wildman–Crippen LogP) is 2.96. The van der Waals surface area contributed by atoms with Crippen LogP contribution in [0.5, 0.6) is 0 Å². The first-order valence-corrected chi connectivity index (χ1v) is 6.37. The van der Waals surface area contributed by atoms with Crippen molar-refractivity contribution in [2.45, 2.75) is 26.4 Å². The number of nitrogens with zero attached hydrogens (tertiary/aromatic N) is 2. The largest absolute Gasteiger partial charge is 0.322 e. The number of benzene rings is 1. The molecule has 0 bridgehead atoms. The third kappa shape index (κ3) is 2.96. The highest BCUT2D eigenvalue weighted by atomic mass is 79.9. The molecule has 0 aliphatic carbocycles. The van der Waals surface area contributed by atoms with Crippen molar-refractivity contribution < 1.29 is 0 Å². The van der Waals surface area contributed by atoms with Gasteiger partial charge in [-0.05, 0) is 37.6 Å². The second-order valence-corrected chi connectivity index (χ2v) is 5.18. The van der Waals surface area contributed by atoms with Gasteiger partial charge in [0.05, 0.1) is 12.2 Å². The van der Waals surface area contributed by atoms with Crippen LogP contribution >= 0.6 is 15.9 Å². The van der Waals surface area contributed by atoms with Crippen molar-refractivity contribution in [2.24, 2.45) is 5.73 Å². The molecule has 1 aromatic heterocycles. The van der Waals surface area contributed by atoms with Crippen LogP contribution < -0.4 is 5.73 Å². The number of aryl methyl sites for hydroxylation is 2. The Labute approximate surface area is 110 Å². The summed E-state index contributed by atoms with van der Waals surface area (Å²) in [5.74, 6) is 0. The average molecular weight is 294 g/mol. The Morgan fingerprint density at radius 2 is 1.94 bits per heavy atom. The summed E-state index contributed by atoms with van der Waals surface area (Å²) in [6.07, 6.45) is 0. The molecule has 3 nitrogen and oxygen atoms in total. The summed E-state index contributed by atoms with van der Waals surface area (Å²) in [7, 11) is 0. The van der Waals surface area contributed by atoms with Crippen LogP contribution in [-0.4, -0.2) is 9.78 Å². The summed E-state index contributed by atoms with van der Waals surface area (Å²) in [5, 5.41) is 4.42. The highest BCUT2D eigenvalue weighted by molar-refractivity contribution is 9.10. The van der Waals surface area contributed by atoms with Crippen LogP contribution in [0.2, 0.25) is 0 Å². The smallest absolute Gasteiger partial charge is 0.0605 e. The molecule has 90 valence electrons. The van der Waals surface area contributed by atoms with Crippen LogP contribution in [-0.2, 0) is 6.54 Å². The molecule has 2 aromatic rings. The van der Waals surface area contributed by atoms with Crippen molar-refractivity contribution in [2.75, 3.05) is 0 Å². The zero-order chi connectivity index (χ0) is 12.4. The molecule has 0 saturated carbocycles. The van der Waals surface area contributed by atoms with Gasteiger partial charge in [-0.2, -0.15) is 5.10 Å². The highest BCUT2D eigenvalue weighted by Gasteiger charge is 2.09. The van der Waals surface area contributed by atoms with Gasteiger partial charge in [0.25, 0.3) is 0 Å². The Bertz CT molecular complexity index is 502. The van der Waals surface area contributed by atoms with Gasteiger partial charge >= 0.3 is 0 Å². The normalized spacial score (nSPS) is 12.7. The minimum atomic E-state index is -0.0268. The van der Waals surface area contributed by atoms with Crippen molar-refractivity contribution in [3.05, 3.63) is 51.8 Å². The molecule has 17 heavy (non-hydrogen) atoms. The molecule has 1 unspecified atom stereocenters. The fraction of sp³-hybridized carbons (Fsp3) is 0.308. The molecule has 4 heteroatoms. The Kier molecular flexibility index (Phi) is 3.64. The van der Waals surface area contributed by atoms with Crippen molar-refractivity contribution in [1.82, 2.24) is 9.78 Å². The maximum absolute atomic E-state index is 6.18. The second-order valence-electron chi connectivity index (χ2n) is 4.27. The second kappa shape index (κ2) is 5.02. The van der Waals surface area contributed by atoms with E-state index in [1.54, 1.807) is 0 Å². The molecule has 1 atom stereocenters. The Morgan fingerprint density at radius 3 is 2.47 bits per heavy atom. The minimum absolute atomic E-state index is 0.0268. The topological polar surface area (TPSA) is 43.8 Å². The summed E-state index contributed by atoms with van der Waals surface area (Å²) in [5.41, 5.74) is 9.49. The number of rotatable bonds is 3. The summed E-state index contributed by atoms with van der Waals surface area (Å²) in [6.45, 7) is 4.75. The standard InChI is InChI=1S/C13H16BrN3/c1-9-7-10(2)17(16-9)8-13(15)11-3-5-12(14)6-4-11/h3-7,13H,8,15H2,1-2H3. The van der Waals surface area contributed by atoms with Crippen LogP contribution in [0.3, 0.4) is 0 Å². The quantitative estimate of drug-likeness (QED) is 0.945. The SMILES string of the molecule is Cc1cc(C)n(CC(N)c2ccc(Br)cc2)n1. The molecule has 0 fully saturated rings. The van der Waals surface area contributed by atoms with E-state index in [0.29, 0.717) is 6.54 Å². The Morgan fingerprint density at radius 1 is 1.29 bits per heavy atom. The van der Waals surface area contributed by atoms with Crippen molar-refractivity contribution >= 4 is 15.9 Å². The van der Waals surface area contributed by atoms with E-state index in [0.717, 1.165) is 21.4 Å². The van der Waals surface area contributed by atoms with Crippen LogP contribution in [0, 0.1) is 13.8 Å². The minimum Gasteiger partial charge on any atom is -0.322 e. The number of hydrogen-bond donors (Lipinski definition) is 1. The van der Waals surface area contributed by atoms with Crippen LogP contribution in [0.1, 0.15) is 23.0 Å². The lowest BCUT2D eigenvalue weighted by Crippen LogP contribution is -2.19. The van der Waals surface area contributed by atoms with E-state index < -0.39 is 0 Å². The van der Waals surface area contributed by atoms with Gasteiger partial charge in [0, 0.05) is 16.2 Å². The summed E-state index contributed by atoms with van der Waals surface area (Å²) in [4.78, 5) is 0. The van der Waals surface area contributed by atoms with Gasteiger partial charge in [-0.25, -0.2) is 0 Å². The van der Waals surface area contributed by atoms with E-state index in [1.165, 1.54) is 0 Å². The van der Waals surface area contributed by atoms with Crippen molar-refractivity contribution in [3.63, 3.8) is 0 Å². The van der Waals surface area contributed by atoms with E-state index in [9.17, 15) is 0 Å². The highest BCUT2D eigenvalue weighted by Crippen LogP contribution is 2.17. The van der Waals surface area contributed by atoms with E-state index in [-0.39, 0.29) is 6.04 Å². The first-order valence-electron chi connectivity index (χ1n) is 5.58. The molecule has 2 rings (SSSR count). The monoisotopic (exact) mass is 293 g/mol. The first-order chi connectivity index (χ1) is 8.06. The molecule has 2 N–H and O–H groups in total. The van der Waals surface area contributed by atoms with Crippen LogP contribution in [0.15, 0.2) is 34.8 Å². The summed E-state index contributed by atoms with van der Waals surface area (Å²) < 4.78 is 3.03. The van der Waals surface area contributed by atoms with Gasteiger partial charge in [-0.1, -0.05) is 28.1 Å². The molecular formula is C13H16BrN3. The van der Waals surface area contributed by atoms with Gasteiger partial charge in [0.2, 0.25) is 0 Å². The lowest BCUT2D eigenvalue weighted by molar-refractivity contribution is 0.515. The Hall–Kier alpha value is -1.13. The molecule has 1 aromatic carbocycles. The fourth-order valence-corrected chi connectivity index (χ4v) is 2.13. The zero-order valence-electron chi connectivity index (χ0n) is 10.0. The predicted molar refractivity (Wildman–Crippen MR) is 72.8 cm³/mol. The third-order valence-electron chi connectivity index (χ3n) is 2.77. The maximum atomic E-state index is 6.18. The zero-order valence-corrected chi connectivity index (χ0v) is 11.6. The molecule has 1 heterocycles. The Balaban J connectivity index is 2.13. The summed E-state index contributed by atoms with van der Waals surface area (Å²) >= 11 is 3.42.